The second-order valence-electron chi connectivity index (χ2n) is 13.6. The maximum Gasteiger partial charge on any atom is 0.217 e. The Morgan fingerprint density at radius 3 is 1.37 bits per heavy atom. The van der Waals surface area contributed by atoms with Gasteiger partial charge in [-0.3, -0.25) is 4.74 Å². The lowest BCUT2D eigenvalue weighted by molar-refractivity contribution is 0.867. The number of rotatable bonds is 11. The fourth-order valence-corrected chi connectivity index (χ4v) is 13.9. The molecule has 0 aliphatic carbocycles. The SMILES string of the molecule is CC(C)c1ccc(N=P(c2ccccc2)(c2ccccc2)c2ccc([P+](Nc3ccc(C(C)C)cc3)(c3ccccc3)c3ccccc3)[nH]2)cc1. The first-order valence-electron chi connectivity index (χ1n) is 17.8. The van der Waals surface area contributed by atoms with E-state index >= 15 is 0 Å². The van der Waals surface area contributed by atoms with Gasteiger partial charge in [0.1, 0.15) is 10.6 Å². The van der Waals surface area contributed by atoms with Crippen LogP contribution in [0.3, 0.4) is 0 Å². The van der Waals surface area contributed by atoms with Gasteiger partial charge in [0.05, 0.1) is 23.9 Å². The number of aromatic amines is 1. The summed E-state index contributed by atoms with van der Waals surface area (Å²) in [6, 6.07) is 66.1. The van der Waals surface area contributed by atoms with Crippen LogP contribution in [0.5, 0.6) is 0 Å². The van der Waals surface area contributed by atoms with Crippen molar-refractivity contribution in [3.63, 3.8) is 0 Å². The van der Waals surface area contributed by atoms with Crippen LogP contribution in [-0.2, 0) is 0 Å². The van der Waals surface area contributed by atoms with Crippen LogP contribution in [0.25, 0.3) is 0 Å². The number of H-pyrrole nitrogens is 1. The maximum atomic E-state index is 5.82. The van der Waals surface area contributed by atoms with Crippen molar-refractivity contribution >= 4 is 57.9 Å². The number of hydrogen-bond acceptors (Lipinski definition) is 2. The summed E-state index contributed by atoms with van der Waals surface area (Å²) in [7, 11) is -5.06. The number of benzene rings is 6. The van der Waals surface area contributed by atoms with Gasteiger partial charge in [-0.15, -0.1) is 0 Å². The van der Waals surface area contributed by atoms with Crippen LogP contribution >= 0.6 is 14.5 Å². The van der Waals surface area contributed by atoms with Crippen LogP contribution in [0.4, 0.5) is 11.4 Å². The minimum Gasteiger partial charge on any atom is -0.322 e. The fourth-order valence-electron chi connectivity index (χ4n) is 6.80. The van der Waals surface area contributed by atoms with Gasteiger partial charge in [-0.2, -0.15) is 0 Å². The molecule has 2 N–H and O–H groups in total. The molecule has 5 heteroatoms. The molecule has 0 radical (unpaired) electrons. The van der Waals surface area contributed by atoms with Crippen molar-refractivity contribution < 1.29 is 0 Å². The highest BCUT2D eigenvalue weighted by Gasteiger charge is 2.48. The zero-order valence-corrected chi connectivity index (χ0v) is 31.6. The van der Waals surface area contributed by atoms with E-state index in [4.69, 9.17) is 4.74 Å². The minimum atomic E-state index is -2.59. The third-order valence-corrected chi connectivity index (χ3v) is 16.9. The maximum absolute atomic E-state index is 5.82. The molecule has 0 atom stereocenters. The summed E-state index contributed by atoms with van der Waals surface area (Å²) >= 11 is 0. The minimum absolute atomic E-state index is 0.454. The Balaban J connectivity index is 1.51. The molecule has 3 nitrogen and oxygen atoms in total. The number of hydrogen-bond donors (Lipinski definition) is 2. The molecule has 0 saturated heterocycles. The number of nitrogens with one attached hydrogen (secondary N) is 2. The molecule has 0 spiro atoms. The summed E-state index contributed by atoms with van der Waals surface area (Å²) in [5, 5.41) is 9.10. The van der Waals surface area contributed by atoms with Gasteiger partial charge in [0.15, 0.2) is 5.44 Å². The summed E-state index contributed by atoms with van der Waals surface area (Å²) in [4.78, 5) is 4.13. The first-order chi connectivity index (χ1) is 24.9. The van der Waals surface area contributed by atoms with Crippen molar-refractivity contribution in [1.82, 2.24) is 4.98 Å². The van der Waals surface area contributed by atoms with E-state index in [-0.39, 0.29) is 0 Å². The molecular formula is C46H46N3P2+. The molecule has 0 unspecified atom stereocenters. The Labute approximate surface area is 304 Å². The predicted molar refractivity (Wildman–Crippen MR) is 225 cm³/mol. The van der Waals surface area contributed by atoms with E-state index in [1.54, 1.807) is 0 Å². The smallest absolute Gasteiger partial charge is 0.217 e. The van der Waals surface area contributed by atoms with E-state index in [1.165, 1.54) is 32.3 Å². The molecule has 7 aromatic rings. The summed E-state index contributed by atoms with van der Waals surface area (Å²) in [6.45, 7) is 8.96. The second-order valence-corrected chi connectivity index (χ2v) is 19.7. The number of anilines is 1. The highest BCUT2D eigenvalue weighted by molar-refractivity contribution is 7.96. The van der Waals surface area contributed by atoms with Crippen molar-refractivity contribution in [3.8, 4) is 0 Å². The summed E-state index contributed by atoms with van der Waals surface area (Å²) < 4.78 is 5.82. The molecule has 51 heavy (non-hydrogen) atoms. The zero-order chi connectivity index (χ0) is 35.3. The van der Waals surface area contributed by atoms with Crippen LogP contribution < -0.4 is 37.2 Å². The normalized spacial score (nSPS) is 11.9. The monoisotopic (exact) mass is 702 g/mol. The lowest BCUT2D eigenvalue weighted by atomic mass is 10.0. The quantitative estimate of drug-likeness (QED) is 0.130. The molecule has 6 aromatic carbocycles. The van der Waals surface area contributed by atoms with Crippen LogP contribution in [-0.4, -0.2) is 4.98 Å². The number of nitrogens with zero attached hydrogens (tertiary/aromatic N) is 1. The summed E-state index contributed by atoms with van der Waals surface area (Å²) in [6.07, 6.45) is 0. The average Bonchev–Trinajstić information content (AvgIpc) is 3.69. The molecule has 1 aromatic heterocycles. The third-order valence-electron chi connectivity index (χ3n) is 9.61. The van der Waals surface area contributed by atoms with Crippen molar-refractivity contribution in [3.05, 3.63) is 193 Å². The van der Waals surface area contributed by atoms with Gasteiger partial charge in [-0.05, 0) is 77.6 Å². The van der Waals surface area contributed by atoms with Crippen molar-refractivity contribution in [2.75, 3.05) is 5.09 Å². The molecule has 254 valence electrons. The van der Waals surface area contributed by atoms with Crippen molar-refractivity contribution in [2.45, 2.75) is 39.5 Å². The van der Waals surface area contributed by atoms with Crippen molar-refractivity contribution in [2.24, 2.45) is 4.74 Å². The molecule has 0 aliphatic heterocycles. The predicted octanol–water partition coefficient (Wildman–Crippen LogP) is 10.4. The highest BCUT2D eigenvalue weighted by Crippen LogP contribution is 2.56. The van der Waals surface area contributed by atoms with E-state index in [1.807, 2.05) is 0 Å². The van der Waals surface area contributed by atoms with Crippen LogP contribution in [0.15, 0.2) is 187 Å². The molecule has 0 bridgehead atoms. The first-order valence-corrected chi connectivity index (χ1v) is 21.4. The fraction of sp³-hybridized carbons (Fsp3) is 0.130. The largest absolute Gasteiger partial charge is 0.322 e. The Bertz CT molecular complexity index is 2130. The van der Waals surface area contributed by atoms with Gasteiger partial charge in [0.2, 0.25) is 7.41 Å². The molecular weight excluding hydrogens is 656 g/mol. The van der Waals surface area contributed by atoms with Crippen LogP contribution in [0.1, 0.15) is 50.7 Å². The average molecular weight is 703 g/mol. The molecule has 7 rings (SSSR count). The summed E-state index contributed by atoms with van der Waals surface area (Å²) in [5.41, 5.74) is 6.99. The molecule has 0 aliphatic rings. The second kappa shape index (κ2) is 15.1. The van der Waals surface area contributed by atoms with E-state index in [0.717, 1.165) is 22.2 Å². The van der Waals surface area contributed by atoms with Gasteiger partial charge in [0.25, 0.3) is 0 Å². The van der Waals surface area contributed by atoms with Crippen LogP contribution in [0, 0.1) is 0 Å². The molecule has 0 amide bonds. The molecule has 0 saturated carbocycles. The van der Waals surface area contributed by atoms with Gasteiger partial charge >= 0.3 is 0 Å². The molecule has 1 heterocycles. The van der Waals surface area contributed by atoms with Crippen LogP contribution in [0.2, 0.25) is 0 Å². The van der Waals surface area contributed by atoms with E-state index < -0.39 is 14.5 Å². The van der Waals surface area contributed by atoms with Gasteiger partial charge < -0.3 is 4.98 Å². The van der Waals surface area contributed by atoms with E-state index in [0.29, 0.717) is 11.8 Å². The van der Waals surface area contributed by atoms with Crippen molar-refractivity contribution in [1.29, 1.82) is 0 Å². The Hall–Kier alpha value is -4.94. The highest BCUT2D eigenvalue weighted by atomic mass is 31.2. The third kappa shape index (κ3) is 6.90. The Morgan fingerprint density at radius 1 is 0.490 bits per heavy atom. The lowest BCUT2D eigenvalue weighted by Gasteiger charge is -2.28. The van der Waals surface area contributed by atoms with E-state index in [9.17, 15) is 0 Å². The zero-order valence-electron chi connectivity index (χ0n) is 29.8. The topological polar surface area (TPSA) is 40.2 Å². The van der Waals surface area contributed by atoms with Gasteiger partial charge in [0, 0.05) is 16.7 Å². The first kappa shape index (κ1) is 34.5. The summed E-state index contributed by atoms with van der Waals surface area (Å²) in [5.74, 6) is 0.918. The molecule has 0 fully saturated rings. The Morgan fingerprint density at radius 2 is 0.922 bits per heavy atom. The van der Waals surface area contributed by atoms with Gasteiger partial charge in [-0.25, -0.2) is 5.09 Å². The lowest BCUT2D eigenvalue weighted by Crippen LogP contribution is -2.38. The Kier molecular flexibility index (Phi) is 10.2. The van der Waals surface area contributed by atoms with Gasteiger partial charge in [-0.1, -0.05) is 149 Å². The standard InChI is InChI=1S/C46H46N3P2/c1-35(2)37-25-29-39(30-26-37)48-50(41-17-9-5-10-18-41,42-19-11-6-12-20-42)45-33-34-46(47-45)51(43-21-13-7-14-22-43,44-23-15-8-16-24-44)49-40-31-27-38(28-32-40)36(3)4/h5-36,47-48H,1-4H3/q+1. The number of aromatic nitrogens is 1. The van der Waals surface area contributed by atoms with E-state index in [2.05, 4.69) is 220 Å².